The molecule has 0 unspecified atom stereocenters. The zero-order chi connectivity index (χ0) is 11.3. The monoisotopic (exact) mass is 207 g/mol. The number of aliphatic imine (C=N–C) groups is 1. The van der Waals surface area contributed by atoms with Crippen molar-refractivity contribution >= 4 is 11.6 Å². The molecule has 0 atom stereocenters. The van der Waals surface area contributed by atoms with Gasteiger partial charge in [0.2, 0.25) is 0 Å². The van der Waals surface area contributed by atoms with Crippen LogP contribution >= 0.6 is 0 Å². The van der Waals surface area contributed by atoms with Gasteiger partial charge in [0, 0.05) is 13.1 Å². The molecule has 0 aromatic heterocycles. The molecular weight excluding hydrogens is 190 g/mol. The Labute approximate surface area is 90.0 Å². The van der Waals surface area contributed by atoms with Crippen molar-refractivity contribution in [1.29, 1.82) is 0 Å². The quantitative estimate of drug-likeness (QED) is 0.585. The topological polar surface area (TPSA) is 61.8 Å². The molecule has 0 aliphatic rings. The zero-order valence-corrected chi connectivity index (χ0v) is 9.14. The van der Waals surface area contributed by atoms with E-state index >= 15 is 0 Å². The molecule has 0 aliphatic carbocycles. The Balaban J connectivity index is 2.81. The smallest absolute Gasteiger partial charge is 0.196 e. The van der Waals surface area contributed by atoms with Crippen molar-refractivity contribution in [2.24, 2.45) is 10.7 Å². The van der Waals surface area contributed by atoms with Crippen molar-refractivity contribution in [2.75, 3.05) is 13.1 Å². The Hall–Kier alpha value is -1.71. The van der Waals surface area contributed by atoms with Gasteiger partial charge in [-0.05, 0) is 38.1 Å². The largest absolute Gasteiger partial charge is 0.508 e. The third-order valence-electron chi connectivity index (χ3n) is 2.18. The van der Waals surface area contributed by atoms with Crippen molar-refractivity contribution in [2.45, 2.75) is 13.8 Å². The summed E-state index contributed by atoms with van der Waals surface area (Å²) < 4.78 is 0. The number of aromatic hydroxyl groups is 1. The molecule has 0 radical (unpaired) electrons. The summed E-state index contributed by atoms with van der Waals surface area (Å²) in [6.07, 6.45) is 0. The maximum atomic E-state index is 9.10. The number of benzene rings is 1. The maximum absolute atomic E-state index is 9.10. The lowest BCUT2D eigenvalue weighted by Gasteiger charge is -2.19. The van der Waals surface area contributed by atoms with Crippen LogP contribution in [0, 0.1) is 0 Å². The van der Waals surface area contributed by atoms with Crippen LogP contribution in [0.5, 0.6) is 5.75 Å². The van der Waals surface area contributed by atoms with Crippen molar-refractivity contribution < 1.29 is 5.11 Å². The SMILES string of the molecule is CCN(CC)C(N)=Nc1ccc(O)cc1. The number of nitrogens with zero attached hydrogens (tertiary/aromatic N) is 2. The molecule has 0 heterocycles. The maximum Gasteiger partial charge on any atom is 0.196 e. The zero-order valence-electron chi connectivity index (χ0n) is 9.14. The minimum Gasteiger partial charge on any atom is -0.508 e. The van der Waals surface area contributed by atoms with E-state index in [2.05, 4.69) is 4.99 Å². The van der Waals surface area contributed by atoms with Crippen LogP contribution in [0.1, 0.15) is 13.8 Å². The Morgan fingerprint density at radius 1 is 1.27 bits per heavy atom. The molecule has 0 fully saturated rings. The summed E-state index contributed by atoms with van der Waals surface area (Å²) in [5, 5.41) is 9.10. The molecule has 0 spiro atoms. The number of phenols is 1. The van der Waals surface area contributed by atoms with Crippen molar-refractivity contribution in [3.8, 4) is 5.75 Å². The first-order valence-electron chi connectivity index (χ1n) is 5.05. The van der Waals surface area contributed by atoms with Crippen LogP contribution in [0.2, 0.25) is 0 Å². The molecule has 4 heteroatoms. The first-order chi connectivity index (χ1) is 7.17. The van der Waals surface area contributed by atoms with E-state index in [1.54, 1.807) is 24.3 Å². The van der Waals surface area contributed by atoms with E-state index in [4.69, 9.17) is 10.8 Å². The number of rotatable bonds is 3. The molecule has 82 valence electrons. The average Bonchev–Trinajstić information content (AvgIpc) is 2.23. The van der Waals surface area contributed by atoms with Crippen molar-refractivity contribution in [1.82, 2.24) is 4.90 Å². The molecule has 1 aromatic carbocycles. The number of hydrogen-bond donors (Lipinski definition) is 2. The fourth-order valence-corrected chi connectivity index (χ4v) is 1.28. The molecule has 1 rings (SSSR count). The van der Waals surface area contributed by atoms with Crippen LogP contribution in [0.15, 0.2) is 29.3 Å². The second-order valence-corrected chi connectivity index (χ2v) is 3.16. The summed E-state index contributed by atoms with van der Waals surface area (Å²) in [5.41, 5.74) is 6.57. The molecule has 15 heavy (non-hydrogen) atoms. The predicted molar refractivity (Wildman–Crippen MR) is 62.3 cm³/mol. The molecule has 0 aliphatic heterocycles. The average molecular weight is 207 g/mol. The van der Waals surface area contributed by atoms with Gasteiger partial charge in [-0.15, -0.1) is 0 Å². The van der Waals surface area contributed by atoms with Gasteiger partial charge in [0.05, 0.1) is 5.69 Å². The van der Waals surface area contributed by atoms with Crippen LogP contribution in [0.4, 0.5) is 5.69 Å². The van der Waals surface area contributed by atoms with Crippen LogP contribution < -0.4 is 5.73 Å². The fraction of sp³-hybridized carbons (Fsp3) is 0.364. The van der Waals surface area contributed by atoms with E-state index in [0.717, 1.165) is 18.8 Å². The summed E-state index contributed by atoms with van der Waals surface area (Å²) in [4.78, 5) is 6.22. The highest BCUT2D eigenvalue weighted by Gasteiger charge is 2.01. The Bertz CT molecular complexity index is 328. The standard InChI is InChI=1S/C11H17N3O/c1-3-14(4-2)11(12)13-9-5-7-10(15)8-6-9/h5-8,15H,3-4H2,1-2H3,(H2,12,13). The van der Waals surface area contributed by atoms with Gasteiger partial charge in [0.15, 0.2) is 5.96 Å². The fourth-order valence-electron chi connectivity index (χ4n) is 1.28. The van der Waals surface area contributed by atoms with E-state index < -0.39 is 0 Å². The number of guanidine groups is 1. The normalized spacial score (nSPS) is 11.5. The molecule has 0 bridgehead atoms. The summed E-state index contributed by atoms with van der Waals surface area (Å²) in [5.74, 6) is 0.737. The van der Waals surface area contributed by atoms with Crippen LogP contribution in [0.25, 0.3) is 0 Å². The van der Waals surface area contributed by atoms with Gasteiger partial charge >= 0.3 is 0 Å². The summed E-state index contributed by atoms with van der Waals surface area (Å²) in [7, 11) is 0. The van der Waals surface area contributed by atoms with Crippen LogP contribution in [0.3, 0.4) is 0 Å². The van der Waals surface area contributed by atoms with E-state index in [1.165, 1.54) is 0 Å². The summed E-state index contributed by atoms with van der Waals surface area (Å²) >= 11 is 0. The van der Waals surface area contributed by atoms with Gasteiger partial charge in [-0.25, -0.2) is 4.99 Å². The van der Waals surface area contributed by atoms with Gasteiger partial charge in [0.25, 0.3) is 0 Å². The summed E-state index contributed by atoms with van der Waals surface area (Å²) in [6.45, 7) is 5.74. The van der Waals surface area contributed by atoms with E-state index in [1.807, 2.05) is 18.7 Å². The molecule has 1 aromatic rings. The highest BCUT2D eigenvalue weighted by Crippen LogP contribution is 2.16. The third-order valence-corrected chi connectivity index (χ3v) is 2.18. The van der Waals surface area contributed by atoms with Gasteiger partial charge in [-0.3, -0.25) is 0 Å². The number of phenolic OH excluding ortho intramolecular Hbond substituents is 1. The number of hydrogen-bond acceptors (Lipinski definition) is 2. The highest BCUT2D eigenvalue weighted by atomic mass is 16.3. The van der Waals surface area contributed by atoms with E-state index in [9.17, 15) is 0 Å². The Morgan fingerprint density at radius 3 is 2.27 bits per heavy atom. The van der Waals surface area contributed by atoms with Gasteiger partial charge in [-0.2, -0.15) is 0 Å². The minimum absolute atomic E-state index is 0.232. The second-order valence-electron chi connectivity index (χ2n) is 3.16. The first-order valence-corrected chi connectivity index (χ1v) is 5.05. The molecule has 3 N–H and O–H groups in total. The lowest BCUT2D eigenvalue weighted by atomic mass is 10.3. The molecule has 0 saturated heterocycles. The first kappa shape index (κ1) is 11.4. The number of nitrogens with two attached hydrogens (primary N) is 1. The Kier molecular flexibility index (Phi) is 3.97. The molecule has 0 saturated carbocycles. The van der Waals surface area contributed by atoms with Crippen molar-refractivity contribution in [3.63, 3.8) is 0 Å². The highest BCUT2D eigenvalue weighted by molar-refractivity contribution is 5.81. The van der Waals surface area contributed by atoms with Gasteiger partial charge in [-0.1, -0.05) is 0 Å². The molecular formula is C11H17N3O. The van der Waals surface area contributed by atoms with Crippen LogP contribution in [-0.2, 0) is 0 Å². The molecule has 4 nitrogen and oxygen atoms in total. The minimum atomic E-state index is 0.232. The Morgan fingerprint density at radius 2 is 1.80 bits per heavy atom. The van der Waals surface area contributed by atoms with Gasteiger partial charge in [0.1, 0.15) is 5.75 Å². The van der Waals surface area contributed by atoms with Crippen LogP contribution in [-0.4, -0.2) is 29.1 Å². The van der Waals surface area contributed by atoms with E-state index in [-0.39, 0.29) is 5.75 Å². The summed E-state index contributed by atoms with van der Waals surface area (Å²) in [6, 6.07) is 6.64. The van der Waals surface area contributed by atoms with E-state index in [0.29, 0.717) is 5.96 Å². The second kappa shape index (κ2) is 5.24. The lowest BCUT2D eigenvalue weighted by molar-refractivity contribution is 0.460. The van der Waals surface area contributed by atoms with Crippen molar-refractivity contribution in [3.05, 3.63) is 24.3 Å². The molecule has 0 amide bonds. The van der Waals surface area contributed by atoms with Gasteiger partial charge < -0.3 is 15.7 Å². The lowest BCUT2D eigenvalue weighted by Crippen LogP contribution is -2.36. The predicted octanol–water partition coefficient (Wildman–Crippen LogP) is 1.68. The third kappa shape index (κ3) is 3.16.